The molecular weight excluding hydrogens is 226 g/mol. The third-order valence-electron chi connectivity index (χ3n) is 2.03. The van der Waals surface area contributed by atoms with Crippen molar-refractivity contribution in [2.24, 2.45) is 0 Å². The number of hydrogen-bond donors (Lipinski definition) is 1. The van der Waals surface area contributed by atoms with Gasteiger partial charge in [-0.2, -0.15) is 0 Å². The largest absolute Gasteiger partial charge is 0.383 e. The zero-order valence-corrected chi connectivity index (χ0v) is 10.7. The smallest absolute Gasteiger partial charge is 0.134 e. The van der Waals surface area contributed by atoms with Crippen molar-refractivity contribution in [3.63, 3.8) is 0 Å². The van der Waals surface area contributed by atoms with Crippen LogP contribution in [-0.2, 0) is 11.2 Å². The van der Waals surface area contributed by atoms with E-state index in [0.717, 1.165) is 24.5 Å². The van der Waals surface area contributed by atoms with Gasteiger partial charge >= 0.3 is 0 Å². The molecule has 90 valence electrons. The second-order valence-corrected chi connectivity index (χ2v) is 4.13. The third kappa shape index (κ3) is 4.33. The van der Waals surface area contributed by atoms with Crippen LogP contribution < -0.4 is 5.32 Å². The zero-order chi connectivity index (χ0) is 12.0. The first-order valence-corrected chi connectivity index (χ1v) is 5.82. The Labute approximate surface area is 101 Å². The summed E-state index contributed by atoms with van der Waals surface area (Å²) < 4.78 is 5.04. The number of hydrogen-bond acceptors (Lipinski definition) is 4. The molecule has 0 bridgehead atoms. The van der Waals surface area contributed by atoms with E-state index in [2.05, 4.69) is 22.2 Å². The molecule has 0 aliphatic rings. The van der Waals surface area contributed by atoms with E-state index >= 15 is 0 Å². The highest BCUT2D eigenvalue weighted by Gasteiger charge is 2.06. The molecule has 16 heavy (non-hydrogen) atoms. The van der Waals surface area contributed by atoms with Crippen LogP contribution in [0.1, 0.15) is 26.1 Å². The number of nitrogens with one attached hydrogen (secondary N) is 1. The Balaban J connectivity index is 2.71. The maximum absolute atomic E-state index is 5.92. The van der Waals surface area contributed by atoms with Crippen molar-refractivity contribution in [2.45, 2.75) is 32.7 Å². The summed E-state index contributed by atoms with van der Waals surface area (Å²) in [4.78, 5) is 8.54. The Morgan fingerprint density at radius 3 is 2.88 bits per heavy atom. The van der Waals surface area contributed by atoms with Crippen LogP contribution >= 0.6 is 11.6 Å². The van der Waals surface area contributed by atoms with Crippen LogP contribution in [0.15, 0.2) is 6.07 Å². The highest BCUT2D eigenvalue weighted by Crippen LogP contribution is 2.13. The molecule has 1 heterocycles. The van der Waals surface area contributed by atoms with Gasteiger partial charge < -0.3 is 10.1 Å². The topological polar surface area (TPSA) is 47.0 Å². The zero-order valence-electron chi connectivity index (χ0n) is 9.96. The molecule has 0 fully saturated rings. The SMILES string of the molecule is CCCc1nc(Cl)cc(NC(C)COC)n1. The molecule has 0 spiro atoms. The second kappa shape index (κ2) is 6.66. The minimum atomic E-state index is 0.199. The van der Waals surface area contributed by atoms with Gasteiger partial charge in [0.15, 0.2) is 0 Å². The molecule has 0 aliphatic carbocycles. The number of aryl methyl sites for hydroxylation is 1. The lowest BCUT2D eigenvalue weighted by molar-refractivity contribution is 0.190. The highest BCUT2D eigenvalue weighted by molar-refractivity contribution is 6.29. The Morgan fingerprint density at radius 2 is 2.25 bits per heavy atom. The molecule has 1 unspecified atom stereocenters. The Morgan fingerprint density at radius 1 is 1.50 bits per heavy atom. The van der Waals surface area contributed by atoms with Gasteiger partial charge in [0.25, 0.3) is 0 Å². The molecule has 5 heteroatoms. The molecule has 1 aromatic rings. The van der Waals surface area contributed by atoms with Crippen molar-refractivity contribution in [1.29, 1.82) is 0 Å². The van der Waals surface area contributed by atoms with Crippen LogP contribution in [0.2, 0.25) is 5.15 Å². The quantitative estimate of drug-likeness (QED) is 0.780. The Kier molecular flexibility index (Phi) is 5.49. The van der Waals surface area contributed by atoms with Crippen LogP contribution in [0, 0.1) is 0 Å². The molecule has 0 radical (unpaired) electrons. The average Bonchev–Trinajstić information content (AvgIpc) is 2.17. The predicted molar refractivity (Wildman–Crippen MR) is 66.0 cm³/mol. The Hall–Kier alpha value is -0.870. The van der Waals surface area contributed by atoms with Gasteiger partial charge in [0, 0.05) is 25.6 Å². The lowest BCUT2D eigenvalue weighted by atomic mass is 10.3. The molecule has 1 N–H and O–H groups in total. The molecule has 1 rings (SSSR count). The van der Waals surface area contributed by atoms with E-state index in [1.165, 1.54) is 0 Å². The molecule has 0 saturated carbocycles. The first-order chi connectivity index (χ1) is 7.65. The van der Waals surface area contributed by atoms with Crippen molar-refractivity contribution in [3.05, 3.63) is 17.0 Å². The normalized spacial score (nSPS) is 12.5. The fourth-order valence-corrected chi connectivity index (χ4v) is 1.62. The number of rotatable bonds is 6. The maximum atomic E-state index is 5.92. The van der Waals surface area contributed by atoms with Crippen molar-refractivity contribution >= 4 is 17.4 Å². The molecule has 0 aromatic carbocycles. The van der Waals surface area contributed by atoms with Crippen molar-refractivity contribution in [1.82, 2.24) is 9.97 Å². The predicted octanol–water partition coefficient (Wildman–Crippen LogP) is 2.53. The number of nitrogens with zero attached hydrogens (tertiary/aromatic N) is 2. The van der Waals surface area contributed by atoms with Gasteiger partial charge in [-0.05, 0) is 13.3 Å². The van der Waals surface area contributed by atoms with Crippen LogP contribution in [0.4, 0.5) is 5.82 Å². The number of aromatic nitrogens is 2. The van der Waals surface area contributed by atoms with E-state index < -0.39 is 0 Å². The number of anilines is 1. The molecule has 0 amide bonds. The second-order valence-electron chi connectivity index (χ2n) is 3.74. The van der Waals surface area contributed by atoms with Crippen LogP contribution in [0.5, 0.6) is 0 Å². The first-order valence-electron chi connectivity index (χ1n) is 5.44. The summed E-state index contributed by atoms with van der Waals surface area (Å²) >= 11 is 5.92. The van der Waals surface area contributed by atoms with E-state index in [0.29, 0.717) is 11.8 Å². The monoisotopic (exact) mass is 243 g/mol. The van der Waals surface area contributed by atoms with Gasteiger partial charge in [-0.15, -0.1) is 0 Å². The summed E-state index contributed by atoms with van der Waals surface area (Å²) in [6, 6.07) is 1.93. The molecule has 0 saturated heterocycles. The molecule has 1 aromatic heterocycles. The lowest BCUT2D eigenvalue weighted by Crippen LogP contribution is -2.21. The number of methoxy groups -OCH3 is 1. The summed E-state index contributed by atoms with van der Waals surface area (Å²) in [5, 5.41) is 3.70. The maximum Gasteiger partial charge on any atom is 0.134 e. The van der Waals surface area contributed by atoms with Crippen LogP contribution in [-0.4, -0.2) is 29.7 Å². The highest BCUT2D eigenvalue weighted by atomic mass is 35.5. The van der Waals surface area contributed by atoms with Gasteiger partial charge in [-0.25, -0.2) is 9.97 Å². The number of ether oxygens (including phenoxy) is 1. The van der Waals surface area contributed by atoms with E-state index in [1.807, 2.05) is 6.92 Å². The minimum absolute atomic E-state index is 0.199. The van der Waals surface area contributed by atoms with Gasteiger partial charge in [0.05, 0.1) is 6.61 Å². The van der Waals surface area contributed by atoms with E-state index in [1.54, 1.807) is 13.2 Å². The average molecular weight is 244 g/mol. The van der Waals surface area contributed by atoms with Crippen molar-refractivity contribution in [3.8, 4) is 0 Å². The fraction of sp³-hybridized carbons (Fsp3) is 0.636. The van der Waals surface area contributed by atoms with Gasteiger partial charge in [-0.3, -0.25) is 0 Å². The van der Waals surface area contributed by atoms with Crippen molar-refractivity contribution in [2.75, 3.05) is 19.0 Å². The number of halogens is 1. The van der Waals surface area contributed by atoms with Gasteiger partial charge in [-0.1, -0.05) is 18.5 Å². The van der Waals surface area contributed by atoms with Gasteiger partial charge in [0.1, 0.15) is 16.8 Å². The molecule has 1 atom stereocenters. The third-order valence-corrected chi connectivity index (χ3v) is 2.22. The molecule has 0 aliphatic heterocycles. The van der Waals surface area contributed by atoms with E-state index in [4.69, 9.17) is 16.3 Å². The summed E-state index contributed by atoms with van der Waals surface area (Å²) in [5.41, 5.74) is 0. The summed E-state index contributed by atoms with van der Waals surface area (Å²) in [6.45, 7) is 4.74. The molecular formula is C11H18ClN3O. The van der Waals surface area contributed by atoms with Crippen LogP contribution in [0.25, 0.3) is 0 Å². The standard InChI is InChI=1S/C11H18ClN3O/c1-4-5-10-14-9(12)6-11(15-10)13-8(2)7-16-3/h6,8H,4-5,7H2,1-3H3,(H,13,14,15). The summed E-state index contributed by atoms with van der Waals surface area (Å²) in [5.74, 6) is 1.54. The first kappa shape index (κ1) is 13.2. The summed E-state index contributed by atoms with van der Waals surface area (Å²) in [6.07, 6.45) is 1.85. The molecule has 4 nitrogen and oxygen atoms in total. The van der Waals surface area contributed by atoms with Crippen LogP contribution in [0.3, 0.4) is 0 Å². The minimum Gasteiger partial charge on any atom is -0.383 e. The van der Waals surface area contributed by atoms with E-state index in [9.17, 15) is 0 Å². The van der Waals surface area contributed by atoms with Crippen molar-refractivity contribution < 1.29 is 4.74 Å². The fourth-order valence-electron chi connectivity index (χ4n) is 1.42. The van der Waals surface area contributed by atoms with E-state index in [-0.39, 0.29) is 6.04 Å². The lowest BCUT2D eigenvalue weighted by Gasteiger charge is -2.14. The Bertz CT molecular complexity index is 333. The van der Waals surface area contributed by atoms with Gasteiger partial charge in [0.2, 0.25) is 0 Å². The summed E-state index contributed by atoms with van der Waals surface area (Å²) in [7, 11) is 1.67.